The summed E-state index contributed by atoms with van der Waals surface area (Å²) in [5.41, 5.74) is 12.5. The zero-order chi connectivity index (χ0) is 30.7. The molecule has 0 saturated heterocycles. The number of carboxylic acids is 1. The number of nitrogens with one attached hydrogen (secondary N) is 3. The molecule has 0 fully saturated rings. The van der Waals surface area contributed by atoms with Crippen LogP contribution in [0.5, 0.6) is 11.5 Å². The molecule has 0 heterocycles. The van der Waals surface area contributed by atoms with Crippen LogP contribution < -0.4 is 27.4 Å². The summed E-state index contributed by atoms with van der Waals surface area (Å²) in [7, 11) is 0. The molecule has 41 heavy (non-hydrogen) atoms. The number of nitrogens with two attached hydrogens (primary N) is 2. The van der Waals surface area contributed by atoms with Gasteiger partial charge in [0.15, 0.2) is 0 Å². The Morgan fingerprint density at radius 3 is 1.71 bits per heavy atom. The van der Waals surface area contributed by atoms with Crippen LogP contribution in [0.25, 0.3) is 0 Å². The Balaban J connectivity index is 2.15. The van der Waals surface area contributed by atoms with E-state index >= 15 is 0 Å². The SMILES string of the molecule is CCC(C)C(NC(=O)C(N)Cc1ccc(O)cc1)C(=O)NC(CC(N)=O)C(=O)NC(Cc1ccc(O)cc1)C(=O)O. The molecule has 0 aliphatic carbocycles. The van der Waals surface area contributed by atoms with Gasteiger partial charge in [-0.05, 0) is 47.7 Å². The molecule has 0 aromatic heterocycles. The Labute approximate surface area is 237 Å². The Hall–Kier alpha value is -4.65. The third kappa shape index (κ3) is 10.4. The van der Waals surface area contributed by atoms with Crippen LogP contribution >= 0.6 is 0 Å². The maximum absolute atomic E-state index is 13.3. The fourth-order valence-corrected chi connectivity index (χ4v) is 3.95. The number of aromatic hydroxyl groups is 2. The van der Waals surface area contributed by atoms with Crippen LogP contribution in [0.4, 0.5) is 0 Å². The molecule has 0 aliphatic rings. The lowest BCUT2D eigenvalue weighted by molar-refractivity contribution is -0.142. The Kier molecular flexibility index (Phi) is 12.1. The molecule has 5 atom stereocenters. The van der Waals surface area contributed by atoms with Crippen molar-refractivity contribution in [1.29, 1.82) is 0 Å². The van der Waals surface area contributed by atoms with Gasteiger partial charge in [0.2, 0.25) is 23.6 Å². The monoisotopic (exact) mass is 571 g/mol. The Morgan fingerprint density at radius 1 is 0.756 bits per heavy atom. The van der Waals surface area contributed by atoms with Crippen LogP contribution in [0, 0.1) is 5.92 Å². The number of phenolic OH excluding ortho intramolecular Hbond substituents is 2. The number of hydrogen-bond donors (Lipinski definition) is 8. The van der Waals surface area contributed by atoms with E-state index in [0.29, 0.717) is 17.5 Å². The van der Waals surface area contributed by atoms with E-state index < -0.39 is 66.1 Å². The molecule has 2 aromatic carbocycles. The fourth-order valence-electron chi connectivity index (χ4n) is 3.95. The minimum atomic E-state index is -1.52. The molecule has 5 unspecified atom stereocenters. The quantitative estimate of drug-likeness (QED) is 0.140. The maximum Gasteiger partial charge on any atom is 0.326 e. The van der Waals surface area contributed by atoms with Crippen molar-refractivity contribution in [2.24, 2.45) is 17.4 Å². The number of rotatable bonds is 15. The smallest absolute Gasteiger partial charge is 0.326 e. The number of primary amides is 1. The summed E-state index contributed by atoms with van der Waals surface area (Å²) in [4.78, 5) is 62.7. The first-order valence-corrected chi connectivity index (χ1v) is 13.0. The third-order valence-corrected chi connectivity index (χ3v) is 6.55. The van der Waals surface area contributed by atoms with Gasteiger partial charge < -0.3 is 42.7 Å². The first kappa shape index (κ1) is 32.6. The maximum atomic E-state index is 13.3. The van der Waals surface area contributed by atoms with Gasteiger partial charge in [-0.25, -0.2) is 4.79 Å². The number of amides is 4. The van der Waals surface area contributed by atoms with Crippen molar-refractivity contribution in [2.75, 3.05) is 0 Å². The minimum Gasteiger partial charge on any atom is -0.508 e. The van der Waals surface area contributed by atoms with Crippen LogP contribution in [0.2, 0.25) is 0 Å². The van der Waals surface area contributed by atoms with E-state index in [1.807, 2.05) is 0 Å². The number of carbonyl (C=O) groups is 5. The molecule has 222 valence electrons. The van der Waals surface area contributed by atoms with Crippen molar-refractivity contribution >= 4 is 29.6 Å². The summed E-state index contributed by atoms with van der Waals surface area (Å²) in [6, 6.07) is 6.76. The summed E-state index contributed by atoms with van der Waals surface area (Å²) in [5.74, 6) is -5.01. The van der Waals surface area contributed by atoms with Crippen molar-refractivity contribution < 1.29 is 39.3 Å². The highest BCUT2D eigenvalue weighted by Crippen LogP contribution is 2.14. The number of phenols is 2. The van der Waals surface area contributed by atoms with E-state index in [1.54, 1.807) is 26.0 Å². The van der Waals surface area contributed by atoms with Gasteiger partial charge in [0.05, 0.1) is 12.5 Å². The van der Waals surface area contributed by atoms with Gasteiger partial charge in [-0.2, -0.15) is 0 Å². The average molecular weight is 572 g/mol. The first-order valence-electron chi connectivity index (χ1n) is 13.0. The lowest BCUT2D eigenvalue weighted by atomic mass is 9.96. The van der Waals surface area contributed by atoms with Gasteiger partial charge in [0, 0.05) is 6.42 Å². The van der Waals surface area contributed by atoms with Crippen molar-refractivity contribution in [3.63, 3.8) is 0 Å². The Bertz CT molecular complexity index is 1220. The molecule has 0 aliphatic heterocycles. The molecular weight excluding hydrogens is 534 g/mol. The molecule has 4 amide bonds. The summed E-state index contributed by atoms with van der Waals surface area (Å²) in [6.07, 6.45) is -0.162. The summed E-state index contributed by atoms with van der Waals surface area (Å²) in [5, 5.41) is 35.8. The second-order valence-electron chi connectivity index (χ2n) is 9.85. The standard InChI is InChI=1S/C28H37N5O8/c1-3-15(2)24(33-25(37)20(29)12-16-4-8-18(34)9-5-16)27(39)31-21(14-23(30)36)26(38)32-22(28(40)41)13-17-6-10-19(35)11-7-17/h4-11,15,20-22,24,34-35H,3,12-14,29H2,1-2H3,(H2,30,36)(H,31,39)(H,32,38)(H,33,37)(H,40,41). The van der Waals surface area contributed by atoms with Crippen molar-refractivity contribution in [2.45, 2.75) is 63.7 Å². The van der Waals surface area contributed by atoms with Gasteiger partial charge in [0.1, 0.15) is 29.6 Å². The molecule has 0 saturated carbocycles. The van der Waals surface area contributed by atoms with Crippen LogP contribution in [0.15, 0.2) is 48.5 Å². The summed E-state index contributed by atoms with van der Waals surface area (Å²) in [6.45, 7) is 3.50. The zero-order valence-corrected chi connectivity index (χ0v) is 22.9. The van der Waals surface area contributed by atoms with E-state index in [0.717, 1.165) is 0 Å². The number of benzene rings is 2. The topological polar surface area (TPSA) is 234 Å². The predicted octanol–water partition coefficient (Wildman–Crippen LogP) is -0.329. The molecule has 13 heteroatoms. The largest absolute Gasteiger partial charge is 0.508 e. The van der Waals surface area contributed by atoms with Gasteiger partial charge >= 0.3 is 5.97 Å². The van der Waals surface area contributed by atoms with Crippen LogP contribution in [-0.4, -0.2) is 69.1 Å². The van der Waals surface area contributed by atoms with Crippen LogP contribution in [0.3, 0.4) is 0 Å². The first-order chi connectivity index (χ1) is 19.3. The van der Waals surface area contributed by atoms with Crippen LogP contribution in [-0.2, 0) is 36.8 Å². The number of carbonyl (C=O) groups excluding carboxylic acids is 4. The second kappa shape index (κ2) is 15.2. The number of carboxylic acid groups (broad SMARTS) is 1. The summed E-state index contributed by atoms with van der Waals surface area (Å²) >= 11 is 0. The van der Waals surface area contributed by atoms with E-state index in [1.165, 1.54) is 36.4 Å². The number of hydrogen-bond acceptors (Lipinski definition) is 8. The third-order valence-electron chi connectivity index (χ3n) is 6.55. The summed E-state index contributed by atoms with van der Waals surface area (Å²) < 4.78 is 0. The second-order valence-corrected chi connectivity index (χ2v) is 9.85. The van der Waals surface area contributed by atoms with Crippen molar-refractivity contribution in [3.05, 3.63) is 59.7 Å². The predicted molar refractivity (Wildman–Crippen MR) is 148 cm³/mol. The normalized spacial score (nSPS) is 14.5. The average Bonchev–Trinajstić information content (AvgIpc) is 2.92. The Morgan fingerprint density at radius 2 is 1.24 bits per heavy atom. The highest BCUT2D eigenvalue weighted by Gasteiger charge is 2.33. The van der Waals surface area contributed by atoms with Gasteiger partial charge in [-0.1, -0.05) is 44.5 Å². The number of aliphatic carboxylic acids is 1. The van der Waals surface area contributed by atoms with E-state index in [9.17, 15) is 39.3 Å². The molecule has 2 aromatic rings. The fraction of sp³-hybridized carbons (Fsp3) is 0.393. The van der Waals surface area contributed by atoms with E-state index in [4.69, 9.17) is 11.5 Å². The minimum absolute atomic E-state index is 0.0156. The zero-order valence-electron chi connectivity index (χ0n) is 22.9. The van der Waals surface area contributed by atoms with E-state index in [2.05, 4.69) is 16.0 Å². The van der Waals surface area contributed by atoms with Crippen molar-refractivity contribution in [3.8, 4) is 11.5 Å². The molecule has 13 nitrogen and oxygen atoms in total. The molecule has 0 bridgehead atoms. The lowest BCUT2D eigenvalue weighted by Gasteiger charge is -2.27. The lowest BCUT2D eigenvalue weighted by Crippen LogP contribution is -2.59. The highest BCUT2D eigenvalue weighted by atomic mass is 16.4. The van der Waals surface area contributed by atoms with Gasteiger partial charge in [0.25, 0.3) is 0 Å². The molecule has 0 radical (unpaired) electrons. The van der Waals surface area contributed by atoms with Gasteiger partial charge in [-0.3, -0.25) is 19.2 Å². The molecular formula is C28H37N5O8. The highest BCUT2D eigenvalue weighted by molar-refractivity contribution is 5.96. The van der Waals surface area contributed by atoms with Gasteiger partial charge in [-0.15, -0.1) is 0 Å². The molecule has 0 spiro atoms. The molecule has 10 N–H and O–H groups in total. The van der Waals surface area contributed by atoms with Crippen molar-refractivity contribution in [1.82, 2.24) is 16.0 Å². The van der Waals surface area contributed by atoms with E-state index in [-0.39, 0.29) is 24.3 Å². The molecule has 2 rings (SSSR count). The van der Waals surface area contributed by atoms with Crippen LogP contribution in [0.1, 0.15) is 37.8 Å².